The number of carbonyl (C=O) groups is 1. The van der Waals surface area contributed by atoms with Gasteiger partial charge < -0.3 is 11.1 Å². The van der Waals surface area contributed by atoms with Crippen molar-refractivity contribution in [2.24, 2.45) is 5.92 Å². The van der Waals surface area contributed by atoms with Crippen LogP contribution in [-0.2, 0) is 0 Å². The highest BCUT2D eigenvalue weighted by Crippen LogP contribution is 2.26. The first-order valence-electron chi connectivity index (χ1n) is 6.81. The van der Waals surface area contributed by atoms with E-state index in [9.17, 15) is 4.79 Å². The van der Waals surface area contributed by atoms with Gasteiger partial charge >= 0.3 is 0 Å². The molecule has 1 saturated carbocycles. The van der Waals surface area contributed by atoms with Gasteiger partial charge in [-0.1, -0.05) is 31.7 Å². The average molecular weight is 246 g/mol. The summed E-state index contributed by atoms with van der Waals surface area (Å²) in [6.07, 6.45) is 6.47. The Morgan fingerprint density at radius 1 is 1.39 bits per heavy atom. The molecule has 1 aliphatic rings. The number of aryl methyl sites for hydroxylation is 1. The van der Waals surface area contributed by atoms with Crippen LogP contribution in [0.2, 0.25) is 0 Å². The maximum atomic E-state index is 12.0. The SMILES string of the molecule is Cc1ccc(N)cc1C(=O)NCCC1CCCC1. The first-order valence-corrected chi connectivity index (χ1v) is 6.81. The van der Waals surface area contributed by atoms with Gasteiger partial charge in [0.25, 0.3) is 5.91 Å². The van der Waals surface area contributed by atoms with Gasteiger partial charge in [-0.3, -0.25) is 4.79 Å². The molecule has 0 bridgehead atoms. The Morgan fingerprint density at radius 2 is 2.11 bits per heavy atom. The number of rotatable bonds is 4. The van der Waals surface area contributed by atoms with E-state index >= 15 is 0 Å². The fourth-order valence-corrected chi connectivity index (χ4v) is 2.67. The summed E-state index contributed by atoms with van der Waals surface area (Å²) in [7, 11) is 0. The normalized spacial score (nSPS) is 15.8. The molecule has 1 aliphatic carbocycles. The molecule has 98 valence electrons. The quantitative estimate of drug-likeness (QED) is 0.803. The lowest BCUT2D eigenvalue weighted by Gasteiger charge is -2.11. The molecule has 0 aromatic heterocycles. The highest BCUT2D eigenvalue weighted by Gasteiger charge is 2.15. The largest absolute Gasteiger partial charge is 0.399 e. The standard InChI is InChI=1S/C15H22N2O/c1-11-6-7-13(16)10-14(11)15(18)17-9-8-12-4-2-3-5-12/h6-7,10,12H,2-5,8-9,16H2,1H3,(H,17,18). The summed E-state index contributed by atoms with van der Waals surface area (Å²) in [5, 5.41) is 3.00. The van der Waals surface area contributed by atoms with E-state index < -0.39 is 0 Å². The molecule has 0 spiro atoms. The second kappa shape index (κ2) is 5.89. The molecule has 3 nitrogen and oxygen atoms in total. The zero-order valence-electron chi connectivity index (χ0n) is 11.0. The third-order valence-corrected chi connectivity index (χ3v) is 3.82. The maximum absolute atomic E-state index is 12.0. The van der Waals surface area contributed by atoms with Crippen LogP contribution in [0.15, 0.2) is 18.2 Å². The van der Waals surface area contributed by atoms with Gasteiger partial charge in [0, 0.05) is 17.8 Å². The molecular formula is C15H22N2O. The first-order chi connectivity index (χ1) is 8.66. The fourth-order valence-electron chi connectivity index (χ4n) is 2.67. The van der Waals surface area contributed by atoms with E-state index in [0.29, 0.717) is 11.3 Å². The van der Waals surface area contributed by atoms with Crippen molar-refractivity contribution in [1.82, 2.24) is 5.32 Å². The van der Waals surface area contributed by atoms with Crippen molar-refractivity contribution in [3.05, 3.63) is 29.3 Å². The number of nitrogen functional groups attached to an aromatic ring is 1. The van der Waals surface area contributed by atoms with Gasteiger partial charge in [-0.15, -0.1) is 0 Å². The number of nitrogens with one attached hydrogen (secondary N) is 1. The smallest absolute Gasteiger partial charge is 0.251 e. The molecular weight excluding hydrogens is 224 g/mol. The minimum atomic E-state index is -0.00204. The number of hydrogen-bond acceptors (Lipinski definition) is 2. The van der Waals surface area contributed by atoms with Crippen molar-refractivity contribution in [1.29, 1.82) is 0 Å². The molecule has 1 aromatic carbocycles. The number of hydrogen-bond donors (Lipinski definition) is 2. The molecule has 0 saturated heterocycles. The molecule has 3 heteroatoms. The van der Waals surface area contributed by atoms with E-state index in [2.05, 4.69) is 5.32 Å². The summed E-state index contributed by atoms with van der Waals surface area (Å²) in [5.74, 6) is 0.810. The van der Waals surface area contributed by atoms with Gasteiger partial charge in [0.05, 0.1) is 0 Å². The van der Waals surface area contributed by atoms with Crippen molar-refractivity contribution in [3.8, 4) is 0 Å². The zero-order chi connectivity index (χ0) is 13.0. The number of anilines is 1. The van der Waals surface area contributed by atoms with Crippen LogP contribution < -0.4 is 11.1 Å². The van der Waals surface area contributed by atoms with Gasteiger partial charge in [0.2, 0.25) is 0 Å². The van der Waals surface area contributed by atoms with Gasteiger partial charge in [0.1, 0.15) is 0 Å². The van der Waals surface area contributed by atoms with E-state index in [-0.39, 0.29) is 5.91 Å². The molecule has 18 heavy (non-hydrogen) atoms. The highest BCUT2D eigenvalue weighted by molar-refractivity contribution is 5.96. The van der Waals surface area contributed by atoms with Crippen molar-refractivity contribution in [2.75, 3.05) is 12.3 Å². The number of amides is 1. The molecule has 2 rings (SSSR count). The fraction of sp³-hybridized carbons (Fsp3) is 0.533. The van der Waals surface area contributed by atoms with Crippen molar-refractivity contribution >= 4 is 11.6 Å². The Bertz CT molecular complexity index is 423. The molecule has 1 amide bonds. The Hall–Kier alpha value is -1.51. The summed E-state index contributed by atoms with van der Waals surface area (Å²) in [6, 6.07) is 5.46. The summed E-state index contributed by atoms with van der Waals surface area (Å²) in [6.45, 7) is 2.71. The highest BCUT2D eigenvalue weighted by atomic mass is 16.1. The van der Waals surface area contributed by atoms with Crippen LogP contribution in [0.4, 0.5) is 5.69 Å². The number of nitrogens with two attached hydrogens (primary N) is 1. The van der Waals surface area contributed by atoms with Crippen LogP contribution >= 0.6 is 0 Å². The van der Waals surface area contributed by atoms with E-state index in [1.807, 2.05) is 19.1 Å². The zero-order valence-corrected chi connectivity index (χ0v) is 11.0. The van der Waals surface area contributed by atoms with E-state index in [1.54, 1.807) is 6.07 Å². The van der Waals surface area contributed by atoms with Crippen molar-refractivity contribution in [3.63, 3.8) is 0 Å². The summed E-state index contributed by atoms with van der Waals surface area (Å²) in [5.41, 5.74) is 8.02. The van der Waals surface area contributed by atoms with E-state index in [4.69, 9.17) is 5.73 Å². The second-order valence-corrected chi connectivity index (χ2v) is 5.27. The predicted molar refractivity (Wildman–Crippen MR) is 74.5 cm³/mol. The van der Waals surface area contributed by atoms with Gasteiger partial charge in [-0.25, -0.2) is 0 Å². The van der Waals surface area contributed by atoms with Crippen LogP contribution in [0.1, 0.15) is 48.0 Å². The Kier molecular flexibility index (Phi) is 4.24. The Labute approximate surface area is 109 Å². The van der Waals surface area contributed by atoms with E-state index in [1.165, 1.54) is 25.7 Å². The van der Waals surface area contributed by atoms with Crippen LogP contribution in [0.5, 0.6) is 0 Å². The average Bonchev–Trinajstić information content (AvgIpc) is 2.85. The van der Waals surface area contributed by atoms with E-state index in [0.717, 1.165) is 24.4 Å². The number of carbonyl (C=O) groups excluding carboxylic acids is 1. The molecule has 0 radical (unpaired) electrons. The molecule has 1 aromatic rings. The lowest BCUT2D eigenvalue weighted by molar-refractivity contribution is 0.0951. The van der Waals surface area contributed by atoms with Gasteiger partial charge in [-0.2, -0.15) is 0 Å². The molecule has 0 aliphatic heterocycles. The molecule has 3 N–H and O–H groups in total. The minimum absolute atomic E-state index is 0.00204. The lowest BCUT2D eigenvalue weighted by atomic mass is 10.0. The Morgan fingerprint density at radius 3 is 2.83 bits per heavy atom. The van der Waals surface area contributed by atoms with Crippen LogP contribution in [0.25, 0.3) is 0 Å². The minimum Gasteiger partial charge on any atom is -0.399 e. The molecule has 0 atom stereocenters. The predicted octanol–water partition coefficient (Wildman–Crippen LogP) is 2.89. The molecule has 0 unspecified atom stereocenters. The van der Waals surface area contributed by atoms with Crippen LogP contribution in [-0.4, -0.2) is 12.5 Å². The molecule has 0 heterocycles. The monoisotopic (exact) mass is 246 g/mol. The van der Waals surface area contributed by atoms with Gasteiger partial charge in [-0.05, 0) is 37.0 Å². The lowest BCUT2D eigenvalue weighted by Crippen LogP contribution is -2.26. The summed E-state index contributed by atoms with van der Waals surface area (Å²) in [4.78, 5) is 12.0. The van der Waals surface area contributed by atoms with Crippen molar-refractivity contribution < 1.29 is 4.79 Å². The third-order valence-electron chi connectivity index (χ3n) is 3.82. The topological polar surface area (TPSA) is 55.1 Å². The summed E-state index contributed by atoms with van der Waals surface area (Å²) >= 11 is 0. The maximum Gasteiger partial charge on any atom is 0.251 e. The Balaban J connectivity index is 1.85. The van der Waals surface area contributed by atoms with Crippen LogP contribution in [0, 0.1) is 12.8 Å². The first kappa shape index (κ1) is 12.9. The van der Waals surface area contributed by atoms with Crippen molar-refractivity contribution in [2.45, 2.75) is 39.0 Å². The molecule has 1 fully saturated rings. The third kappa shape index (κ3) is 3.25. The van der Waals surface area contributed by atoms with Gasteiger partial charge in [0.15, 0.2) is 0 Å². The van der Waals surface area contributed by atoms with Crippen LogP contribution in [0.3, 0.4) is 0 Å². The second-order valence-electron chi connectivity index (χ2n) is 5.27. The number of benzene rings is 1. The summed E-state index contributed by atoms with van der Waals surface area (Å²) < 4.78 is 0.